The summed E-state index contributed by atoms with van der Waals surface area (Å²) in [6, 6.07) is 3.18. The third-order valence-corrected chi connectivity index (χ3v) is 1.30. The van der Waals surface area contributed by atoms with Gasteiger partial charge >= 0.3 is 0 Å². The van der Waals surface area contributed by atoms with E-state index in [1.54, 1.807) is 24.7 Å². The van der Waals surface area contributed by atoms with Gasteiger partial charge in [0.1, 0.15) is 0 Å². The van der Waals surface area contributed by atoms with Crippen molar-refractivity contribution in [2.45, 2.75) is 0 Å². The van der Waals surface area contributed by atoms with Crippen molar-refractivity contribution in [1.29, 1.82) is 0 Å². The van der Waals surface area contributed by atoms with Gasteiger partial charge in [-0.1, -0.05) is 0 Å². The van der Waals surface area contributed by atoms with Crippen LogP contribution in [0.25, 0.3) is 0 Å². The van der Waals surface area contributed by atoms with Crippen LogP contribution in [0.2, 0.25) is 0 Å². The average Bonchev–Trinajstić information content (AvgIpc) is 2.34. The summed E-state index contributed by atoms with van der Waals surface area (Å²) < 4.78 is 2.89. The van der Waals surface area contributed by atoms with E-state index in [-0.39, 0.29) is 5.56 Å². The lowest BCUT2D eigenvalue weighted by atomic mass is 10.7. The molecule has 0 saturated carbocycles. The molecule has 0 aromatic carbocycles. The zero-order chi connectivity index (χ0) is 6.97. The molecule has 0 N–H and O–H groups in total. The predicted octanol–water partition coefficient (Wildman–Crippen LogP) is -0.206. The molecule has 50 valence electrons. The maximum atomic E-state index is 10.9. The van der Waals surface area contributed by atoms with Gasteiger partial charge in [-0.2, -0.15) is 9.73 Å². The first-order valence-electron chi connectivity index (χ1n) is 2.89. The summed E-state index contributed by atoms with van der Waals surface area (Å²) in [5.74, 6) is 0. The summed E-state index contributed by atoms with van der Waals surface area (Å²) in [5.41, 5.74) is -0.0619. The second-order valence-corrected chi connectivity index (χ2v) is 1.92. The van der Waals surface area contributed by atoms with E-state index in [0.717, 1.165) is 0 Å². The quantitative estimate of drug-likeness (QED) is 0.501. The van der Waals surface area contributed by atoms with Gasteiger partial charge in [-0.15, -0.1) is 0 Å². The average molecular weight is 135 g/mol. The molecule has 2 aromatic rings. The van der Waals surface area contributed by atoms with Crippen LogP contribution in [-0.2, 0) is 0 Å². The lowest BCUT2D eigenvalue weighted by Gasteiger charge is -1.90. The minimum Gasteiger partial charge on any atom is -0.267 e. The van der Waals surface area contributed by atoms with Crippen molar-refractivity contribution in [3.05, 3.63) is 41.1 Å². The van der Waals surface area contributed by atoms with Gasteiger partial charge in [0.15, 0.2) is 0 Å². The van der Waals surface area contributed by atoms with E-state index in [9.17, 15) is 4.79 Å². The third-order valence-electron chi connectivity index (χ3n) is 1.30. The number of hydrogen-bond donors (Lipinski definition) is 0. The van der Waals surface area contributed by atoms with Crippen LogP contribution < -0.4 is 5.56 Å². The number of rotatable bonds is 0. The Morgan fingerprint density at radius 2 is 2.30 bits per heavy atom. The Bertz CT molecular complexity index is 400. The van der Waals surface area contributed by atoms with Crippen molar-refractivity contribution in [1.82, 2.24) is 14.2 Å². The lowest BCUT2D eigenvalue weighted by Crippen LogP contribution is -2.11. The van der Waals surface area contributed by atoms with Gasteiger partial charge in [0.2, 0.25) is 0 Å². The van der Waals surface area contributed by atoms with Crippen molar-refractivity contribution >= 4 is 0 Å². The van der Waals surface area contributed by atoms with Gasteiger partial charge in [-0.25, -0.2) is 4.52 Å². The van der Waals surface area contributed by atoms with E-state index in [0.29, 0.717) is 0 Å². The Morgan fingerprint density at radius 1 is 1.40 bits per heavy atom. The van der Waals surface area contributed by atoms with Crippen LogP contribution >= 0.6 is 0 Å². The molecule has 0 atom stereocenters. The maximum Gasteiger partial charge on any atom is 0.272 e. The van der Waals surface area contributed by atoms with Gasteiger partial charge in [0.25, 0.3) is 5.56 Å². The standard InChI is InChI=1S/C6H5N3O/c10-6-2-5-9-7-3-1-4-8(6)9/h1-5H. The van der Waals surface area contributed by atoms with Crippen LogP contribution in [0.4, 0.5) is 0 Å². The molecule has 4 heteroatoms. The fourth-order valence-electron chi connectivity index (χ4n) is 0.842. The Morgan fingerprint density at radius 3 is 3.10 bits per heavy atom. The van der Waals surface area contributed by atoms with Crippen LogP contribution in [0, 0.1) is 0 Å². The third kappa shape index (κ3) is 0.556. The molecule has 0 spiro atoms. The molecule has 0 bridgehead atoms. The molecule has 0 saturated heterocycles. The van der Waals surface area contributed by atoms with Gasteiger partial charge < -0.3 is 0 Å². The summed E-state index contributed by atoms with van der Waals surface area (Å²) in [4.78, 5) is 10.9. The molecule has 0 unspecified atom stereocenters. The van der Waals surface area contributed by atoms with Crippen molar-refractivity contribution in [2.24, 2.45) is 0 Å². The second-order valence-electron chi connectivity index (χ2n) is 1.92. The first-order chi connectivity index (χ1) is 4.88. The smallest absolute Gasteiger partial charge is 0.267 e. The Balaban J connectivity index is 3.07. The zero-order valence-electron chi connectivity index (χ0n) is 5.14. The second kappa shape index (κ2) is 1.70. The van der Waals surface area contributed by atoms with Crippen molar-refractivity contribution in [3.63, 3.8) is 0 Å². The fourth-order valence-corrected chi connectivity index (χ4v) is 0.842. The predicted molar refractivity (Wildman–Crippen MR) is 34.9 cm³/mol. The highest BCUT2D eigenvalue weighted by Gasteiger charge is 1.90. The number of hydrogen-bond acceptors (Lipinski definition) is 2. The highest BCUT2D eigenvalue weighted by Crippen LogP contribution is 1.79. The Kier molecular flexibility index (Phi) is 0.887. The van der Waals surface area contributed by atoms with Gasteiger partial charge in [0.05, 0.1) is 12.4 Å². The van der Waals surface area contributed by atoms with E-state index < -0.39 is 0 Å². The molecule has 2 rings (SSSR count). The van der Waals surface area contributed by atoms with Gasteiger partial charge in [-0.3, -0.25) is 4.79 Å². The first kappa shape index (κ1) is 5.22. The van der Waals surface area contributed by atoms with E-state index in [1.165, 1.54) is 15.2 Å². The molecular formula is C6H5N3O. The Hall–Kier alpha value is -1.58. The van der Waals surface area contributed by atoms with Crippen molar-refractivity contribution < 1.29 is 0 Å². The minimum absolute atomic E-state index is 0.0619. The molecule has 0 aliphatic rings. The van der Waals surface area contributed by atoms with Crippen LogP contribution in [-0.4, -0.2) is 14.2 Å². The highest BCUT2D eigenvalue weighted by atomic mass is 16.1. The normalized spacial score (nSPS) is 10.4. The van der Waals surface area contributed by atoms with E-state index >= 15 is 0 Å². The van der Waals surface area contributed by atoms with Gasteiger partial charge in [-0.05, 0) is 6.07 Å². The summed E-state index contributed by atoms with van der Waals surface area (Å²) in [6.45, 7) is 0. The number of fused-ring (bicyclic) bond motifs is 1. The fraction of sp³-hybridized carbons (Fsp3) is 0. The van der Waals surface area contributed by atoms with Crippen molar-refractivity contribution in [3.8, 4) is 0 Å². The monoisotopic (exact) mass is 135 g/mol. The van der Waals surface area contributed by atoms with Gasteiger partial charge in [0, 0.05) is 12.3 Å². The topological polar surface area (TPSA) is 38.8 Å². The van der Waals surface area contributed by atoms with Crippen molar-refractivity contribution in [2.75, 3.05) is 0 Å². The molecule has 2 heterocycles. The van der Waals surface area contributed by atoms with E-state index in [1.807, 2.05) is 0 Å². The molecule has 0 amide bonds. The summed E-state index contributed by atoms with van der Waals surface area (Å²) in [7, 11) is 0. The Labute approximate surface area is 56.3 Å². The molecule has 0 radical (unpaired) electrons. The lowest BCUT2D eigenvalue weighted by molar-refractivity contribution is 0.681. The number of nitrogens with zero attached hydrogens (tertiary/aromatic N) is 3. The molecule has 4 nitrogen and oxygen atoms in total. The first-order valence-corrected chi connectivity index (χ1v) is 2.89. The minimum atomic E-state index is -0.0619. The molecule has 0 aliphatic heterocycles. The molecule has 0 aliphatic carbocycles. The summed E-state index contributed by atoms with van der Waals surface area (Å²) in [5, 5.41) is 3.88. The summed E-state index contributed by atoms with van der Waals surface area (Å²) in [6.07, 6.45) is 4.90. The molecule has 2 aromatic heterocycles. The summed E-state index contributed by atoms with van der Waals surface area (Å²) >= 11 is 0. The van der Waals surface area contributed by atoms with Crippen LogP contribution in [0.5, 0.6) is 0 Å². The largest absolute Gasteiger partial charge is 0.272 e. The van der Waals surface area contributed by atoms with E-state index in [4.69, 9.17) is 0 Å². The van der Waals surface area contributed by atoms with Crippen LogP contribution in [0.3, 0.4) is 0 Å². The van der Waals surface area contributed by atoms with Crippen LogP contribution in [0.1, 0.15) is 0 Å². The highest BCUT2D eigenvalue weighted by molar-refractivity contribution is 4.87. The molecule has 0 fully saturated rings. The van der Waals surface area contributed by atoms with E-state index in [2.05, 4.69) is 5.10 Å². The zero-order valence-corrected chi connectivity index (χ0v) is 5.14. The number of aromatic nitrogens is 3. The molecule has 10 heavy (non-hydrogen) atoms. The van der Waals surface area contributed by atoms with Crippen LogP contribution in [0.15, 0.2) is 35.5 Å². The maximum absolute atomic E-state index is 10.9. The SMILES string of the molecule is O=c1ccn2ncccn12. The molecular weight excluding hydrogens is 130 g/mol.